The molecule has 1 aliphatic rings. The summed E-state index contributed by atoms with van der Waals surface area (Å²) < 4.78 is 16.1. The van der Waals surface area contributed by atoms with Crippen molar-refractivity contribution in [3.8, 4) is 5.69 Å². The van der Waals surface area contributed by atoms with Crippen molar-refractivity contribution in [1.82, 2.24) is 9.88 Å². The van der Waals surface area contributed by atoms with Crippen molar-refractivity contribution >= 4 is 29.6 Å². The van der Waals surface area contributed by atoms with Crippen LogP contribution in [-0.2, 0) is 9.59 Å². The molecule has 144 valence electrons. The lowest BCUT2D eigenvalue weighted by molar-refractivity contribution is -0.122. The van der Waals surface area contributed by atoms with Crippen LogP contribution in [0.2, 0.25) is 0 Å². The van der Waals surface area contributed by atoms with Gasteiger partial charge >= 0.3 is 6.03 Å². The molecule has 1 aliphatic heterocycles. The quantitative estimate of drug-likeness (QED) is 0.550. The number of imide groups is 2. The van der Waals surface area contributed by atoms with E-state index < -0.39 is 23.7 Å². The van der Waals surface area contributed by atoms with Gasteiger partial charge in [-0.05, 0) is 49.4 Å². The zero-order chi connectivity index (χ0) is 20.5. The van der Waals surface area contributed by atoms with Crippen molar-refractivity contribution in [2.24, 2.45) is 0 Å². The molecule has 4 rings (SSSR count). The molecule has 0 bridgehead atoms. The number of nitrogens with zero attached hydrogens (tertiary/aromatic N) is 2. The summed E-state index contributed by atoms with van der Waals surface area (Å²) in [4.78, 5) is 38.2. The Morgan fingerprint density at radius 1 is 0.897 bits per heavy atom. The van der Waals surface area contributed by atoms with E-state index in [0.717, 1.165) is 17.4 Å². The van der Waals surface area contributed by atoms with Crippen molar-refractivity contribution in [3.05, 3.63) is 89.5 Å². The van der Waals surface area contributed by atoms with Gasteiger partial charge in [-0.2, -0.15) is 0 Å². The zero-order valence-corrected chi connectivity index (χ0v) is 15.4. The first-order chi connectivity index (χ1) is 14.0. The maximum atomic E-state index is 14.2. The number of carbonyl (C=O) groups excluding carboxylic acids is 3. The smallest absolute Gasteiger partial charge is 0.314 e. The van der Waals surface area contributed by atoms with Crippen LogP contribution in [-0.4, -0.2) is 22.4 Å². The first-order valence-electron chi connectivity index (χ1n) is 8.87. The van der Waals surface area contributed by atoms with Gasteiger partial charge in [-0.15, -0.1) is 0 Å². The SMILES string of the molecule is Cc1ccc(/C=C2\C(=O)NC(=O)N(c3ccccc3F)C2=O)n1-c1ccccc1. The minimum atomic E-state index is -0.989. The summed E-state index contributed by atoms with van der Waals surface area (Å²) in [5.41, 5.74) is 1.85. The van der Waals surface area contributed by atoms with Crippen LogP contribution in [0.1, 0.15) is 11.4 Å². The lowest BCUT2D eigenvalue weighted by Crippen LogP contribution is -2.54. The summed E-state index contributed by atoms with van der Waals surface area (Å²) in [5, 5.41) is 2.10. The van der Waals surface area contributed by atoms with Crippen LogP contribution in [0.4, 0.5) is 14.9 Å². The van der Waals surface area contributed by atoms with E-state index in [0.29, 0.717) is 10.6 Å². The van der Waals surface area contributed by atoms with Gasteiger partial charge in [0.25, 0.3) is 11.8 Å². The number of urea groups is 1. The van der Waals surface area contributed by atoms with Crippen LogP contribution in [0.25, 0.3) is 11.8 Å². The van der Waals surface area contributed by atoms with Gasteiger partial charge < -0.3 is 4.57 Å². The second-order valence-electron chi connectivity index (χ2n) is 6.48. The van der Waals surface area contributed by atoms with Crippen LogP contribution in [0.15, 0.2) is 72.3 Å². The first kappa shape index (κ1) is 18.4. The van der Waals surface area contributed by atoms with E-state index in [4.69, 9.17) is 0 Å². The molecule has 0 unspecified atom stereocenters. The second-order valence-corrected chi connectivity index (χ2v) is 6.48. The van der Waals surface area contributed by atoms with Crippen molar-refractivity contribution in [3.63, 3.8) is 0 Å². The maximum Gasteiger partial charge on any atom is 0.336 e. The van der Waals surface area contributed by atoms with Crippen molar-refractivity contribution < 1.29 is 18.8 Å². The number of anilines is 1. The van der Waals surface area contributed by atoms with E-state index in [1.807, 2.05) is 47.9 Å². The molecule has 2 aromatic carbocycles. The fourth-order valence-electron chi connectivity index (χ4n) is 3.26. The third kappa shape index (κ3) is 3.23. The Kier molecular flexibility index (Phi) is 4.56. The van der Waals surface area contributed by atoms with Gasteiger partial charge in [-0.1, -0.05) is 30.3 Å². The van der Waals surface area contributed by atoms with Crippen LogP contribution >= 0.6 is 0 Å². The van der Waals surface area contributed by atoms with Gasteiger partial charge in [0, 0.05) is 17.1 Å². The molecular formula is C22H16FN3O3. The third-order valence-corrected chi connectivity index (χ3v) is 4.61. The molecule has 0 aliphatic carbocycles. The van der Waals surface area contributed by atoms with Crippen LogP contribution in [0, 0.1) is 12.7 Å². The van der Waals surface area contributed by atoms with E-state index in [1.54, 1.807) is 6.07 Å². The number of aryl methyl sites for hydroxylation is 1. The molecule has 29 heavy (non-hydrogen) atoms. The summed E-state index contributed by atoms with van der Waals surface area (Å²) in [6.07, 6.45) is 1.40. The average Bonchev–Trinajstić information content (AvgIpc) is 3.07. The molecule has 3 aromatic rings. The monoisotopic (exact) mass is 389 g/mol. The Bertz CT molecular complexity index is 1170. The van der Waals surface area contributed by atoms with Gasteiger partial charge in [-0.25, -0.2) is 14.1 Å². The summed E-state index contributed by atoms with van der Waals surface area (Å²) in [7, 11) is 0. The largest absolute Gasteiger partial charge is 0.336 e. The molecule has 6 nitrogen and oxygen atoms in total. The molecule has 4 amide bonds. The molecule has 7 heteroatoms. The molecule has 1 aromatic heterocycles. The fraction of sp³-hybridized carbons (Fsp3) is 0.0455. The second kappa shape index (κ2) is 7.20. The average molecular weight is 389 g/mol. The van der Waals surface area contributed by atoms with E-state index >= 15 is 0 Å². The Hall–Kier alpha value is -4.00. The van der Waals surface area contributed by atoms with Crippen LogP contribution < -0.4 is 10.2 Å². The Morgan fingerprint density at radius 3 is 2.31 bits per heavy atom. The number of barbiturate groups is 1. The number of para-hydroxylation sites is 2. The number of halogens is 1. The summed E-state index contributed by atoms with van der Waals surface area (Å²) in [6, 6.07) is 17.4. The first-order valence-corrected chi connectivity index (χ1v) is 8.87. The molecule has 0 saturated carbocycles. The molecule has 1 fully saturated rings. The number of amides is 4. The van der Waals surface area contributed by atoms with Crippen molar-refractivity contribution in [1.29, 1.82) is 0 Å². The molecule has 0 atom stereocenters. The molecule has 1 N–H and O–H groups in total. The number of rotatable bonds is 3. The van der Waals surface area contributed by atoms with Gasteiger partial charge in [0.05, 0.1) is 5.69 Å². The predicted molar refractivity (Wildman–Crippen MR) is 106 cm³/mol. The Labute approximate surface area is 165 Å². The Morgan fingerprint density at radius 2 is 1.59 bits per heavy atom. The van der Waals surface area contributed by atoms with E-state index in [1.165, 1.54) is 24.3 Å². The molecule has 1 saturated heterocycles. The third-order valence-electron chi connectivity index (χ3n) is 4.61. The fourth-order valence-corrected chi connectivity index (χ4v) is 3.26. The number of carbonyl (C=O) groups is 3. The molecule has 0 radical (unpaired) electrons. The zero-order valence-electron chi connectivity index (χ0n) is 15.4. The maximum absolute atomic E-state index is 14.2. The minimum absolute atomic E-state index is 0.219. The van der Waals surface area contributed by atoms with Crippen molar-refractivity contribution in [2.45, 2.75) is 6.92 Å². The number of aromatic nitrogens is 1. The highest BCUT2D eigenvalue weighted by Crippen LogP contribution is 2.25. The van der Waals surface area contributed by atoms with Crippen LogP contribution in [0.5, 0.6) is 0 Å². The van der Waals surface area contributed by atoms with E-state index in [9.17, 15) is 18.8 Å². The Balaban J connectivity index is 1.80. The molecule has 0 spiro atoms. The van der Waals surface area contributed by atoms with Gasteiger partial charge in [0.2, 0.25) is 0 Å². The highest BCUT2D eigenvalue weighted by atomic mass is 19.1. The summed E-state index contributed by atoms with van der Waals surface area (Å²) in [6.45, 7) is 1.90. The summed E-state index contributed by atoms with van der Waals surface area (Å²) >= 11 is 0. The number of benzene rings is 2. The summed E-state index contributed by atoms with van der Waals surface area (Å²) in [5.74, 6) is -2.46. The van der Waals surface area contributed by atoms with E-state index in [2.05, 4.69) is 5.32 Å². The normalized spacial score (nSPS) is 15.7. The van der Waals surface area contributed by atoms with Gasteiger partial charge in [-0.3, -0.25) is 14.9 Å². The topological polar surface area (TPSA) is 71.4 Å². The predicted octanol–water partition coefficient (Wildman–Crippen LogP) is 3.59. The van der Waals surface area contributed by atoms with Gasteiger partial charge in [0.15, 0.2) is 0 Å². The van der Waals surface area contributed by atoms with Crippen molar-refractivity contribution in [2.75, 3.05) is 4.90 Å². The van der Waals surface area contributed by atoms with E-state index in [-0.39, 0.29) is 11.3 Å². The standard InChI is InChI=1S/C22H16FN3O3/c1-14-11-12-16(25(14)15-7-3-2-4-8-15)13-17-20(27)24-22(29)26(21(17)28)19-10-6-5-9-18(19)23/h2-13H,1H3,(H,24,27,29)/b17-13+. The number of nitrogens with one attached hydrogen (secondary N) is 1. The van der Waals surface area contributed by atoms with Crippen LogP contribution in [0.3, 0.4) is 0 Å². The molecule has 2 heterocycles. The van der Waals surface area contributed by atoms with Gasteiger partial charge in [0.1, 0.15) is 11.4 Å². The minimum Gasteiger partial charge on any atom is -0.314 e. The lowest BCUT2D eigenvalue weighted by atomic mass is 10.1. The number of hydrogen-bond acceptors (Lipinski definition) is 3. The molecular weight excluding hydrogens is 373 g/mol. The number of hydrogen-bond donors (Lipinski definition) is 1. The lowest BCUT2D eigenvalue weighted by Gasteiger charge is -2.26. The highest BCUT2D eigenvalue weighted by molar-refractivity contribution is 6.39. The highest BCUT2D eigenvalue weighted by Gasteiger charge is 2.38.